The lowest BCUT2D eigenvalue weighted by Crippen LogP contribution is -2.25. The molecule has 3 aromatic carbocycles. The molecule has 178 valence electrons. The van der Waals surface area contributed by atoms with Crippen LogP contribution in [0.1, 0.15) is 43.9 Å². The van der Waals surface area contributed by atoms with Crippen LogP contribution in [0.4, 0.5) is 20.2 Å². The third kappa shape index (κ3) is 8.73. The molecule has 0 aliphatic rings. The number of anilines is 2. The molecule has 4 nitrogen and oxygen atoms in total. The summed E-state index contributed by atoms with van der Waals surface area (Å²) in [5, 5.41) is 4.01. The highest BCUT2D eigenvalue weighted by atomic mass is 35.5. The molecule has 0 aliphatic carbocycles. The fourth-order valence-electron chi connectivity index (χ4n) is 2.94. The average Bonchev–Trinajstić information content (AvgIpc) is 2.81. The SMILES string of the molecule is CC.CCCc1cc(F)cc(F)c1N.CN=C(NCc1ccccc1Cl)c1ccccc1N. The van der Waals surface area contributed by atoms with Crippen molar-refractivity contribution in [2.45, 2.75) is 40.2 Å². The molecule has 3 rings (SSSR count). The van der Waals surface area contributed by atoms with Crippen molar-refractivity contribution in [3.63, 3.8) is 0 Å². The lowest BCUT2D eigenvalue weighted by Gasteiger charge is -2.12. The molecule has 0 bridgehead atoms. The number of benzene rings is 3. The lowest BCUT2D eigenvalue weighted by molar-refractivity contribution is 0.582. The summed E-state index contributed by atoms with van der Waals surface area (Å²) in [5.74, 6) is -0.471. The summed E-state index contributed by atoms with van der Waals surface area (Å²) in [6.07, 6.45) is 1.44. The van der Waals surface area contributed by atoms with Gasteiger partial charge in [0.1, 0.15) is 17.5 Å². The van der Waals surface area contributed by atoms with Crippen molar-refractivity contribution in [1.82, 2.24) is 5.32 Å². The molecule has 7 heteroatoms. The highest BCUT2D eigenvalue weighted by Crippen LogP contribution is 2.19. The Hall–Kier alpha value is -3.12. The second-order valence-electron chi connectivity index (χ2n) is 6.81. The molecule has 0 spiro atoms. The Bertz CT molecular complexity index is 1040. The van der Waals surface area contributed by atoms with E-state index >= 15 is 0 Å². The third-order valence-electron chi connectivity index (χ3n) is 4.54. The van der Waals surface area contributed by atoms with Crippen LogP contribution in [0.5, 0.6) is 0 Å². The zero-order chi connectivity index (χ0) is 24.8. The number of aliphatic imine (C=N–C) groups is 1. The van der Waals surface area contributed by atoms with E-state index in [2.05, 4.69) is 10.3 Å². The molecule has 3 aromatic rings. The molecule has 0 saturated carbocycles. The fourth-order valence-corrected chi connectivity index (χ4v) is 3.14. The smallest absolute Gasteiger partial charge is 0.149 e. The Morgan fingerprint density at radius 3 is 2.21 bits per heavy atom. The number of hydrogen-bond donors (Lipinski definition) is 3. The first-order valence-corrected chi connectivity index (χ1v) is 11.3. The standard InChI is InChI=1S/C15H16ClN3.C9H11F2N.C2H6/c1-18-15(12-7-3-5-9-14(12)17)19-10-11-6-2-4-8-13(11)16;1-2-3-6-4-7(10)5-8(11)9(6)12;1-2/h2-9H,10,17H2,1H3,(H,18,19);4-5H,2-3,12H2,1H3;1-2H3. The van der Waals surface area contributed by atoms with Gasteiger partial charge in [-0.05, 0) is 41.8 Å². The predicted octanol–water partition coefficient (Wildman–Crippen LogP) is 6.61. The molecule has 0 radical (unpaired) electrons. The van der Waals surface area contributed by atoms with Crippen LogP contribution in [0.2, 0.25) is 5.02 Å². The molecule has 0 atom stereocenters. The van der Waals surface area contributed by atoms with Gasteiger partial charge in [0.15, 0.2) is 0 Å². The summed E-state index contributed by atoms with van der Waals surface area (Å²) in [6, 6.07) is 17.5. The van der Waals surface area contributed by atoms with E-state index in [1.165, 1.54) is 6.07 Å². The summed E-state index contributed by atoms with van der Waals surface area (Å²) in [5.41, 5.74) is 14.6. The average molecular weight is 475 g/mol. The topological polar surface area (TPSA) is 76.4 Å². The Morgan fingerprint density at radius 2 is 1.61 bits per heavy atom. The molecule has 5 N–H and O–H groups in total. The fraction of sp³-hybridized carbons (Fsp3) is 0.269. The van der Waals surface area contributed by atoms with Gasteiger partial charge in [-0.3, -0.25) is 4.99 Å². The summed E-state index contributed by atoms with van der Waals surface area (Å²) >= 11 is 6.12. The molecule has 0 saturated heterocycles. The highest BCUT2D eigenvalue weighted by Gasteiger charge is 2.07. The molecular formula is C26H33ClF2N4. The van der Waals surface area contributed by atoms with E-state index in [1.54, 1.807) is 7.05 Å². The number of hydrogen-bond acceptors (Lipinski definition) is 3. The monoisotopic (exact) mass is 474 g/mol. The van der Waals surface area contributed by atoms with E-state index in [0.29, 0.717) is 24.2 Å². The van der Waals surface area contributed by atoms with Gasteiger partial charge in [-0.15, -0.1) is 0 Å². The first-order chi connectivity index (χ1) is 15.9. The van der Waals surface area contributed by atoms with Crippen molar-refractivity contribution < 1.29 is 8.78 Å². The number of rotatable bonds is 5. The number of nitrogens with two attached hydrogens (primary N) is 2. The predicted molar refractivity (Wildman–Crippen MR) is 138 cm³/mol. The van der Waals surface area contributed by atoms with Crippen LogP contribution in [0.15, 0.2) is 65.7 Å². The summed E-state index contributed by atoms with van der Waals surface area (Å²) < 4.78 is 25.4. The Labute approximate surface area is 200 Å². The van der Waals surface area contributed by atoms with Gasteiger partial charge in [-0.1, -0.05) is 69.1 Å². The van der Waals surface area contributed by atoms with Crippen molar-refractivity contribution >= 4 is 28.8 Å². The number of halogens is 3. The van der Waals surface area contributed by atoms with Crippen LogP contribution in [0.3, 0.4) is 0 Å². The zero-order valence-corrected chi connectivity index (χ0v) is 20.4. The normalized spacial score (nSPS) is 10.5. The van der Waals surface area contributed by atoms with Gasteiger partial charge >= 0.3 is 0 Å². The molecule has 0 aliphatic heterocycles. The zero-order valence-electron chi connectivity index (χ0n) is 19.6. The van der Waals surface area contributed by atoms with Crippen LogP contribution in [-0.4, -0.2) is 12.9 Å². The summed E-state index contributed by atoms with van der Waals surface area (Å²) in [4.78, 5) is 4.25. The van der Waals surface area contributed by atoms with Crippen LogP contribution in [-0.2, 0) is 13.0 Å². The minimum absolute atomic E-state index is 0.0678. The summed E-state index contributed by atoms with van der Waals surface area (Å²) in [6.45, 7) is 6.54. The first kappa shape index (κ1) is 27.9. The Kier molecular flexibility index (Phi) is 12.6. The maximum atomic E-state index is 12.8. The molecule has 0 fully saturated rings. The number of amidine groups is 1. The molecule has 0 amide bonds. The van der Waals surface area contributed by atoms with E-state index < -0.39 is 11.6 Å². The number of nitrogen functional groups attached to an aromatic ring is 2. The maximum Gasteiger partial charge on any atom is 0.149 e. The van der Waals surface area contributed by atoms with E-state index in [0.717, 1.165) is 34.5 Å². The van der Waals surface area contributed by atoms with Gasteiger partial charge in [-0.25, -0.2) is 8.78 Å². The second-order valence-corrected chi connectivity index (χ2v) is 7.22. The van der Waals surface area contributed by atoms with E-state index in [-0.39, 0.29) is 5.69 Å². The number of nitrogens with zero attached hydrogens (tertiary/aromatic N) is 1. The highest BCUT2D eigenvalue weighted by molar-refractivity contribution is 6.31. The quantitative estimate of drug-likeness (QED) is 0.221. The van der Waals surface area contributed by atoms with E-state index in [4.69, 9.17) is 23.1 Å². The van der Waals surface area contributed by atoms with E-state index in [9.17, 15) is 8.78 Å². The van der Waals surface area contributed by atoms with Crippen molar-refractivity contribution in [3.8, 4) is 0 Å². The molecule has 33 heavy (non-hydrogen) atoms. The largest absolute Gasteiger partial charge is 0.398 e. The Morgan fingerprint density at radius 1 is 0.970 bits per heavy atom. The summed E-state index contributed by atoms with van der Waals surface area (Å²) in [7, 11) is 1.74. The van der Waals surface area contributed by atoms with Crippen LogP contribution < -0.4 is 16.8 Å². The number of nitrogens with one attached hydrogen (secondary N) is 1. The lowest BCUT2D eigenvalue weighted by atomic mass is 10.1. The van der Waals surface area contributed by atoms with Gasteiger partial charge in [0.2, 0.25) is 0 Å². The molecule has 0 heterocycles. The van der Waals surface area contributed by atoms with Crippen LogP contribution >= 0.6 is 11.6 Å². The first-order valence-electron chi connectivity index (χ1n) is 10.9. The molecule has 0 unspecified atom stereocenters. The number of aryl methyl sites for hydroxylation is 1. The van der Waals surface area contributed by atoms with Gasteiger partial charge in [-0.2, -0.15) is 0 Å². The third-order valence-corrected chi connectivity index (χ3v) is 4.91. The van der Waals surface area contributed by atoms with Gasteiger partial charge in [0.05, 0.1) is 5.69 Å². The van der Waals surface area contributed by atoms with Gasteiger partial charge in [0, 0.05) is 35.9 Å². The van der Waals surface area contributed by atoms with Crippen molar-refractivity contribution in [2.24, 2.45) is 4.99 Å². The minimum atomic E-state index is -0.668. The number of para-hydroxylation sites is 1. The molecular weight excluding hydrogens is 442 g/mol. The van der Waals surface area contributed by atoms with Crippen molar-refractivity contribution in [3.05, 3.63) is 94.0 Å². The van der Waals surface area contributed by atoms with Gasteiger partial charge in [0.25, 0.3) is 0 Å². The maximum absolute atomic E-state index is 12.8. The minimum Gasteiger partial charge on any atom is -0.398 e. The van der Waals surface area contributed by atoms with Crippen LogP contribution in [0, 0.1) is 11.6 Å². The van der Waals surface area contributed by atoms with Gasteiger partial charge < -0.3 is 16.8 Å². The van der Waals surface area contributed by atoms with E-state index in [1.807, 2.05) is 69.3 Å². The van der Waals surface area contributed by atoms with Crippen molar-refractivity contribution in [1.29, 1.82) is 0 Å². The second kappa shape index (κ2) is 14.9. The van der Waals surface area contributed by atoms with Crippen LogP contribution in [0.25, 0.3) is 0 Å². The Balaban J connectivity index is 0.000000335. The molecule has 0 aromatic heterocycles. The van der Waals surface area contributed by atoms with Crippen molar-refractivity contribution in [2.75, 3.05) is 18.5 Å².